The van der Waals surface area contributed by atoms with Crippen molar-refractivity contribution in [3.63, 3.8) is 0 Å². The number of phosphoric acid groups is 1. The summed E-state index contributed by atoms with van der Waals surface area (Å²) in [5.41, 5.74) is 0. The number of aliphatic hydroxyl groups is 1. The standard InChI is InChI=1S/C62H115O11P/c1-4-7-10-13-16-19-22-25-28-29-32-35-38-41-44-47-50-53-62(66)73-59(55-69-60(64)51-48-45-42-39-36-33-30-26-23-20-17-14-11-8-5-2)57-71-74(67,68)70-56-58(54-63)72-61(65)52-49-46-43-40-37-34-31-27-24-21-18-15-12-9-6-3/h17,20,25-26,28,30,58-59,63H,4-16,18-19,21-24,27,29,31-57H2,1-3H3,(H,67,68)/b20-17-,28-25-,30-26-. The number of hydrogen-bond acceptors (Lipinski definition) is 10. The van der Waals surface area contributed by atoms with Crippen LogP contribution in [-0.2, 0) is 42.2 Å². The van der Waals surface area contributed by atoms with Gasteiger partial charge in [-0.05, 0) is 77.0 Å². The molecule has 0 saturated heterocycles. The molecule has 0 aromatic rings. The largest absolute Gasteiger partial charge is 0.472 e. The number of phosphoric ester groups is 1. The zero-order chi connectivity index (χ0) is 54.1. The van der Waals surface area contributed by atoms with Gasteiger partial charge in [0.15, 0.2) is 6.10 Å². The Hall–Kier alpha value is -2.30. The zero-order valence-corrected chi connectivity index (χ0v) is 49.0. The lowest BCUT2D eigenvalue weighted by atomic mass is 10.0. The van der Waals surface area contributed by atoms with Crippen LogP contribution in [0.25, 0.3) is 0 Å². The number of hydrogen-bond donors (Lipinski definition) is 2. The number of carbonyl (C=O) groups is 3. The highest BCUT2D eigenvalue weighted by molar-refractivity contribution is 7.47. The highest BCUT2D eigenvalue weighted by Crippen LogP contribution is 2.43. The minimum atomic E-state index is -4.75. The van der Waals surface area contributed by atoms with E-state index in [1.807, 2.05) is 0 Å². The third kappa shape index (κ3) is 54.5. The molecule has 0 heterocycles. The van der Waals surface area contributed by atoms with Gasteiger partial charge < -0.3 is 24.2 Å². The highest BCUT2D eigenvalue weighted by atomic mass is 31.2. The van der Waals surface area contributed by atoms with E-state index in [2.05, 4.69) is 57.2 Å². The molecule has 0 aliphatic rings. The van der Waals surface area contributed by atoms with Gasteiger partial charge in [-0.25, -0.2) is 4.57 Å². The molecule has 0 aliphatic heterocycles. The average Bonchev–Trinajstić information content (AvgIpc) is 3.39. The smallest absolute Gasteiger partial charge is 0.462 e. The van der Waals surface area contributed by atoms with Gasteiger partial charge in [-0.2, -0.15) is 0 Å². The zero-order valence-electron chi connectivity index (χ0n) is 48.1. The molecular formula is C62H115O11P. The van der Waals surface area contributed by atoms with Gasteiger partial charge in [0.1, 0.15) is 12.7 Å². The fraction of sp³-hybridized carbons (Fsp3) is 0.855. The van der Waals surface area contributed by atoms with Crippen molar-refractivity contribution in [3.8, 4) is 0 Å². The van der Waals surface area contributed by atoms with Crippen molar-refractivity contribution >= 4 is 25.7 Å². The summed E-state index contributed by atoms with van der Waals surface area (Å²) >= 11 is 0. The first-order chi connectivity index (χ1) is 36.2. The molecule has 0 aliphatic carbocycles. The number of ether oxygens (including phenoxy) is 3. The maximum atomic E-state index is 12.9. The molecule has 0 rings (SSSR count). The molecule has 74 heavy (non-hydrogen) atoms. The summed E-state index contributed by atoms with van der Waals surface area (Å²) < 4.78 is 39.6. The van der Waals surface area contributed by atoms with Crippen LogP contribution in [0.1, 0.15) is 303 Å². The van der Waals surface area contributed by atoms with Crippen LogP contribution in [-0.4, -0.2) is 66.5 Å². The lowest BCUT2D eigenvalue weighted by Crippen LogP contribution is -2.30. The van der Waals surface area contributed by atoms with Gasteiger partial charge in [-0.1, -0.05) is 243 Å². The fourth-order valence-corrected chi connectivity index (χ4v) is 9.58. The van der Waals surface area contributed by atoms with Crippen LogP contribution in [0, 0.1) is 0 Å². The summed E-state index contributed by atoms with van der Waals surface area (Å²) in [6, 6.07) is 0. The van der Waals surface area contributed by atoms with Gasteiger partial charge in [0, 0.05) is 19.3 Å². The van der Waals surface area contributed by atoms with E-state index in [0.717, 1.165) is 89.9 Å². The van der Waals surface area contributed by atoms with E-state index in [1.165, 1.54) is 154 Å². The number of esters is 3. The Balaban J connectivity index is 4.70. The Morgan fingerprint density at radius 2 is 0.662 bits per heavy atom. The lowest BCUT2D eigenvalue weighted by Gasteiger charge is -2.21. The second-order valence-electron chi connectivity index (χ2n) is 20.9. The molecule has 434 valence electrons. The van der Waals surface area contributed by atoms with Crippen molar-refractivity contribution in [3.05, 3.63) is 36.5 Å². The number of carbonyl (C=O) groups excluding carboxylic acids is 3. The highest BCUT2D eigenvalue weighted by Gasteiger charge is 2.28. The normalized spacial score (nSPS) is 13.5. The van der Waals surface area contributed by atoms with Crippen LogP contribution in [0.3, 0.4) is 0 Å². The van der Waals surface area contributed by atoms with Crippen molar-refractivity contribution < 1.29 is 52.2 Å². The van der Waals surface area contributed by atoms with Crippen LogP contribution in [0.5, 0.6) is 0 Å². The summed E-state index contributed by atoms with van der Waals surface area (Å²) in [5.74, 6) is -1.46. The third-order valence-corrected chi connectivity index (χ3v) is 14.5. The molecule has 0 amide bonds. The van der Waals surface area contributed by atoms with Crippen LogP contribution < -0.4 is 0 Å². The Morgan fingerprint density at radius 1 is 0.378 bits per heavy atom. The maximum absolute atomic E-state index is 12.9. The molecule has 0 aromatic heterocycles. The van der Waals surface area contributed by atoms with Gasteiger partial charge in [0.2, 0.25) is 0 Å². The third-order valence-electron chi connectivity index (χ3n) is 13.5. The molecule has 0 aromatic carbocycles. The van der Waals surface area contributed by atoms with E-state index in [4.69, 9.17) is 23.3 Å². The first kappa shape index (κ1) is 71.7. The van der Waals surface area contributed by atoms with Crippen molar-refractivity contribution in [2.75, 3.05) is 26.4 Å². The Kier molecular flexibility index (Phi) is 55.1. The SMILES string of the molecule is CCCCC/C=C\C/C=C\CCCCCCCC(=O)OCC(COP(=O)(O)OCC(CO)OC(=O)CCCCCCCCCCCCCCCCC)OC(=O)CCCCCCCCC/C=C\CCCCCCCC. The predicted octanol–water partition coefficient (Wildman–Crippen LogP) is 18.4. The van der Waals surface area contributed by atoms with Gasteiger partial charge in [-0.3, -0.25) is 23.4 Å². The van der Waals surface area contributed by atoms with E-state index in [-0.39, 0.29) is 25.9 Å². The summed E-state index contributed by atoms with van der Waals surface area (Å²) in [6.07, 6.45) is 59.5. The van der Waals surface area contributed by atoms with E-state index < -0.39 is 57.8 Å². The topological polar surface area (TPSA) is 155 Å². The molecule has 3 atom stereocenters. The molecule has 3 unspecified atom stereocenters. The quantitative estimate of drug-likeness (QED) is 0.0197. The second-order valence-corrected chi connectivity index (χ2v) is 22.3. The molecule has 0 spiro atoms. The van der Waals surface area contributed by atoms with Crippen molar-refractivity contribution in [1.29, 1.82) is 0 Å². The minimum absolute atomic E-state index is 0.163. The predicted molar refractivity (Wildman–Crippen MR) is 307 cm³/mol. The fourth-order valence-electron chi connectivity index (χ4n) is 8.79. The number of aliphatic hydroxyl groups excluding tert-OH is 1. The van der Waals surface area contributed by atoms with Gasteiger partial charge in [0.05, 0.1) is 19.8 Å². The van der Waals surface area contributed by atoms with Gasteiger partial charge in [-0.15, -0.1) is 0 Å². The van der Waals surface area contributed by atoms with Crippen LogP contribution >= 0.6 is 7.82 Å². The number of allylic oxidation sites excluding steroid dienone is 6. The van der Waals surface area contributed by atoms with E-state index in [0.29, 0.717) is 19.3 Å². The summed E-state index contributed by atoms with van der Waals surface area (Å²) in [5, 5.41) is 9.83. The van der Waals surface area contributed by atoms with Crippen molar-refractivity contribution in [2.45, 2.75) is 315 Å². The summed E-state index contributed by atoms with van der Waals surface area (Å²) in [7, 11) is -4.75. The summed E-state index contributed by atoms with van der Waals surface area (Å²) in [4.78, 5) is 48.6. The molecule has 11 nitrogen and oxygen atoms in total. The van der Waals surface area contributed by atoms with Crippen LogP contribution in [0.4, 0.5) is 0 Å². The summed E-state index contributed by atoms with van der Waals surface area (Å²) in [6.45, 7) is 4.65. The van der Waals surface area contributed by atoms with E-state index in [1.54, 1.807) is 0 Å². The van der Waals surface area contributed by atoms with E-state index >= 15 is 0 Å². The molecule has 0 fully saturated rings. The molecule has 2 N–H and O–H groups in total. The molecule has 12 heteroatoms. The van der Waals surface area contributed by atoms with Crippen LogP contribution in [0.15, 0.2) is 36.5 Å². The van der Waals surface area contributed by atoms with E-state index in [9.17, 15) is 28.9 Å². The first-order valence-corrected chi connectivity index (χ1v) is 32.4. The van der Waals surface area contributed by atoms with Crippen molar-refractivity contribution in [1.82, 2.24) is 0 Å². The molecule has 0 radical (unpaired) electrons. The Bertz CT molecular complexity index is 1380. The Morgan fingerprint density at radius 3 is 1.04 bits per heavy atom. The minimum Gasteiger partial charge on any atom is -0.462 e. The number of unbranched alkanes of at least 4 members (excludes halogenated alkanes) is 35. The average molecular weight is 1070 g/mol. The van der Waals surface area contributed by atoms with Gasteiger partial charge >= 0.3 is 25.7 Å². The first-order valence-electron chi connectivity index (χ1n) is 30.9. The Labute approximate surface area is 454 Å². The number of rotatable bonds is 58. The van der Waals surface area contributed by atoms with Crippen molar-refractivity contribution in [2.24, 2.45) is 0 Å². The molecule has 0 saturated carbocycles. The molecular weight excluding hydrogens is 952 g/mol. The monoisotopic (exact) mass is 1070 g/mol. The maximum Gasteiger partial charge on any atom is 0.472 e. The molecule has 0 bridgehead atoms. The van der Waals surface area contributed by atoms with Crippen LogP contribution in [0.2, 0.25) is 0 Å². The lowest BCUT2D eigenvalue weighted by molar-refractivity contribution is -0.161. The second kappa shape index (κ2) is 56.9. The van der Waals surface area contributed by atoms with Gasteiger partial charge in [0.25, 0.3) is 0 Å².